The van der Waals surface area contributed by atoms with Crippen molar-refractivity contribution in [2.24, 2.45) is 0 Å². The van der Waals surface area contributed by atoms with Crippen molar-refractivity contribution in [3.8, 4) is 0 Å². The van der Waals surface area contributed by atoms with Gasteiger partial charge in [0.05, 0.1) is 12.3 Å². The van der Waals surface area contributed by atoms with Crippen LogP contribution in [0.3, 0.4) is 0 Å². The van der Waals surface area contributed by atoms with Gasteiger partial charge in [0.1, 0.15) is 5.82 Å². The molecule has 7 nitrogen and oxygen atoms in total. The second-order valence-electron chi connectivity index (χ2n) is 11.3. The molecule has 3 aromatic rings. The number of thiophene rings is 1. The summed E-state index contributed by atoms with van der Waals surface area (Å²) >= 11 is 1.57. The lowest BCUT2D eigenvalue weighted by Crippen LogP contribution is -2.47. The number of hydrogen-bond acceptors (Lipinski definition) is 7. The first-order valence-electron chi connectivity index (χ1n) is 15.4. The summed E-state index contributed by atoms with van der Waals surface area (Å²) in [7, 11) is 0. The fraction of sp³-hybridized carbons (Fsp3) is 0.515. The predicted molar refractivity (Wildman–Crippen MR) is 167 cm³/mol. The molecule has 0 bridgehead atoms. The van der Waals surface area contributed by atoms with Crippen LogP contribution in [-0.2, 0) is 27.1 Å². The molecule has 1 saturated heterocycles. The number of piperazine rings is 1. The smallest absolute Gasteiger partial charge is 0.434 e. The summed E-state index contributed by atoms with van der Waals surface area (Å²) in [6, 6.07) is 11.6. The summed E-state index contributed by atoms with van der Waals surface area (Å²) in [6.07, 6.45) is 7.89. The number of unbranched alkanes of at least 4 members (excludes halogenated alkanes) is 5. The highest BCUT2D eigenvalue weighted by Crippen LogP contribution is 2.33. The Hall–Kier alpha value is -3.17. The number of hydrogen-bond donors (Lipinski definition) is 0. The Morgan fingerprint density at radius 1 is 0.929 bits per heavy atom. The fourth-order valence-electron chi connectivity index (χ4n) is 5.86. The minimum atomic E-state index is -0.725. The van der Waals surface area contributed by atoms with E-state index in [1.165, 1.54) is 19.3 Å². The largest absolute Gasteiger partial charge is 0.510 e. The van der Waals surface area contributed by atoms with Gasteiger partial charge >= 0.3 is 6.16 Å². The highest BCUT2D eigenvalue weighted by molar-refractivity contribution is 7.17. The van der Waals surface area contributed by atoms with Gasteiger partial charge in [-0.3, -0.25) is 14.6 Å². The predicted octanol–water partition coefficient (Wildman–Crippen LogP) is 7.16. The quantitative estimate of drug-likeness (QED) is 0.154. The van der Waals surface area contributed by atoms with E-state index in [0.717, 1.165) is 91.0 Å². The number of aryl methyl sites for hydroxylation is 1. The number of benzene rings is 2. The van der Waals surface area contributed by atoms with E-state index in [4.69, 9.17) is 9.47 Å². The molecule has 0 atom stereocenters. The monoisotopic (exact) mass is 595 g/mol. The van der Waals surface area contributed by atoms with Crippen molar-refractivity contribution < 1.29 is 23.5 Å². The Bertz CT molecular complexity index is 1350. The summed E-state index contributed by atoms with van der Waals surface area (Å²) in [5, 5.41) is 3.14. The van der Waals surface area contributed by atoms with Crippen LogP contribution in [0.4, 0.5) is 20.6 Å². The second kappa shape index (κ2) is 14.8. The van der Waals surface area contributed by atoms with Crippen LogP contribution < -0.4 is 9.80 Å². The number of anilines is 2. The number of ether oxygens (including phenoxy) is 2. The number of nitrogens with zero attached hydrogens (tertiary/aromatic N) is 3. The van der Waals surface area contributed by atoms with E-state index in [0.29, 0.717) is 19.4 Å². The highest BCUT2D eigenvalue weighted by atomic mass is 32.1. The molecule has 9 heteroatoms. The summed E-state index contributed by atoms with van der Waals surface area (Å²) < 4.78 is 25.7. The molecule has 5 rings (SSSR count). The third kappa shape index (κ3) is 7.81. The number of rotatable bonds is 13. The first-order valence-corrected chi connectivity index (χ1v) is 16.3. The Labute approximate surface area is 252 Å². The van der Waals surface area contributed by atoms with Crippen LogP contribution in [-0.4, -0.2) is 63.0 Å². The van der Waals surface area contributed by atoms with Crippen molar-refractivity contribution in [2.75, 3.05) is 55.9 Å². The average molecular weight is 596 g/mol. The molecular weight excluding hydrogens is 553 g/mol. The van der Waals surface area contributed by atoms with Gasteiger partial charge in [-0.15, -0.1) is 11.3 Å². The Balaban J connectivity index is 1.10. The summed E-state index contributed by atoms with van der Waals surface area (Å²) in [6.45, 7) is 6.82. The minimum Gasteiger partial charge on any atom is -0.434 e. The van der Waals surface area contributed by atoms with Crippen LogP contribution in [0.2, 0.25) is 0 Å². The number of carbonyl (C=O) groups excluding carboxylic acids is 2. The van der Waals surface area contributed by atoms with Crippen LogP contribution in [0.1, 0.15) is 63.0 Å². The second-order valence-corrected chi connectivity index (χ2v) is 12.2. The fourth-order valence-corrected chi connectivity index (χ4v) is 6.69. The van der Waals surface area contributed by atoms with E-state index in [2.05, 4.69) is 41.0 Å². The van der Waals surface area contributed by atoms with Gasteiger partial charge in [0, 0.05) is 54.9 Å². The average Bonchev–Trinajstić information content (AvgIpc) is 3.47. The standard InChI is InChI=1S/C33H42FN3O4S/c1-2-3-4-5-6-7-19-40-33(39)41-24-37-29-21-25(8-9-26(29)10-11-32(37)38)12-14-35-15-17-36(18-16-35)30-22-27(34)23-31-28(30)13-20-42-31/h8-9,13,20-23H,2-7,10-12,14-19,24H2,1H3. The summed E-state index contributed by atoms with van der Waals surface area (Å²) in [5.74, 6) is -0.227. The van der Waals surface area contributed by atoms with Crippen LogP contribution >= 0.6 is 11.3 Å². The molecule has 1 fully saturated rings. The van der Waals surface area contributed by atoms with Crippen molar-refractivity contribution >= 4 is 44.9 Å². The van der Waals surface area contributed by atoms with Gasteiger partial charge in [-0.2, -0.15) is 0 Å². The van der Waals surface area contributed by atoms with Gasteiger partial charge in [-0.25, -0.2) is 9.18 Å². The molecule has 1 amide bonds. The third-order valence-corrected chi connectivity index (χ3v) is 9.19. The van der Waals surface area contributed by atoms with Gasteiger partial charge in [-0.1, -0.05) is 51.2 Å². The van der Waals surface area contributed by atoms with E-state index in [9.17, 15) is 14.0 Å². The Kier molecular flexibility index (Phi) is 10.7. The Morgan fingerprint density at radius 2 is 1.74 bits per heavy atom. The van der Waals surface area contributed by atoms with E-state index < -0.39 is 6.16 Å². The maximum absolute atomic E-state index is 14.2. The molecule has 1 aromatic heterocycles. The molecule has 2 aliphatic heterocycles. The van der Waals surface area contributed by atoms with Crippen molar-refractivity contribution in [2.45, 2.75) is 64.7 Å². The number of carbonyl (C=O) groups is 2. The zero-order chi connectivity index (χ0) is 29.3. The molecule has 0 saturated carbocycles. The molecule has 0 radical (unpaired) electrons. The summed E-state index contributed by atoms with van der Waals surface area (Å²) in [4.78, 5) is 31.2. The van der Waals surface area contributed by atoms with Gasteiger partial charge in [0.2, 0.25) is 5.91 Å². The molecule has 2 aliphatic rings. The van der Waals surface area contributed by atoms with E-state index in [1.54, 1.807) is 28.4 Å². The SMILES string of the molecule is CCCCCCCCOC(=O)OCN1C(=O)CCc2ccc(CCN3CCN(c4cc(F)cc5sccc45)CC3)cc21. The number of amides is 1. The third-order valence-electron chi connectivity index (χ3n) is 8.32. The zero-order valence-corrected chi connectivity index (χ0v) is 25.4. The molecule has 0 unspecified atom stereocenters. The normalized spacial score (nSPS) is 15.7. The first kappa shape index (κ1) is 30.3. The van der Waals surface area contributed by atoms with Crippen molar-refractivity contribution in [3.05, 3.63) is 58.7 Å². The van der Waals surface area contributed by atoms with Crippen LogP contribution in [0.15, 0.2) is 41.8 Å². The molecular formula is C33H42FN3O4S. The number of fused-ring (bicyclic) bond motifs is 2. The first-order chi connectivity index (χ1) is 20.5. The van der Waals surface area contributed by atoms with Gasteiger partial charge in [-0.05, 0) is 60.0 Å². The van der Waals surface area contributed by atoms with Crippen LogP contribution in [0, 0.1) is 5.82 Å². The molecule has 3 heterocycles. The molecule has 2 aromatic carbocycles. The van der Waals surface area contributed by atoms with Crippen molar-refractivity contribution in [1.29, 1.82) is 0 Å². The number of halogens is 1. The van der Waals surface area contributed by atoms with Crippen molar-refractivity contribution in [1.82, 2.24) is 4.90 Å². The van der Waals surface area contributed by atoms with E-state index in [-0.39, 0.29) is 18.5 Å². The molecule has 226 valence electrons. The zero-order valence-electron chi connectivity index (χ0n) is 24.6. The minimum absolute atomic E-state index is 0.0448. The van der Waals surface area contributed by atoms with E-state index in [1.807, 2.05) is 5.38 Å². The van der Waals surface area contributed by atoms with E-state index >= 15 is 0 Å². The summed E-state index contributed by atoms with van der Waals surface area (Å²) in [5.41, 5.74) is 4.04. The Morgan fingerprint density at radius 3 is 2.57 bits per heavy atom. The molecule has 42 heavy (non-hydrogen) atoms. The van der Waals surface area contributed by atoms with Gasteiger partial charge in [0.25, 0.3) is 0 Å². The molecule has 0 N–H and O–H groups in total. The lowest BCUT2D eigenvalue weighted by molar-refractivity contribution is -0.119. The lowest BCUT2D eigenvalue weighted by Gasteiger charge is -2.36. The lowest BCUT2D eigenvalue weighted by atomic mass is 9.98. The maximum Gasteiger partial charge on any atom is 0.510 e. The van der Waals surface area contributed by atoms with Crippen molar-refractivity contribution in [3.63, 3.8) is 0 Å². The highest BCUT2D eigenvalue weighted by Gasteiger charge is 2.26. The molecule has 0 spiro atoms. The van der Waals surface area contributed by atoms with Crippen LogP contribution in [0.25, 0.3) is 10.1 Å². The maximum atomic E-state index is 14.2. The topological polar surface area (TPSA) is 62.3 Å². The van der Waals surface area contributed by atoms with Crippen LogP contribution in [0.5, 0.6) is 0 Å². The van der Waals surface area contributed by atoms with Gasteiger partial charge in [0.15, 0.2) is 6.73 Å². The molecule has 0 aliphatic carbocycles. The van der Waals surface area contributed by atoms with Gasteiger partial charge < -0.3 is 14.4 Å².